The summed E-state index contributed by atoms with van der Waals surface area (Å²) in [6.45, 7) is 0. The zero-order valence-corrected chi connectivity index (χ0v) is 24.3. The average Bonchev–Trinajstić information content (AvgIpc) is 3.35. The van der Waals surface area contributed by atoms with Gasteiger partial charge in [0.2, 0.25) is 5.95 Å². The fourth-order valence-corrected chi connectivity index (χ4v) is 8.19. The normalized spacial score (nSPS) is 12.1. The molecule has 0 amide bonds. The smallest absolute Gasteiger partial charge is 0.235 e. The molecule has 10 aromatic rings. The zero-order chi connectivity index (χ0) is 28.8. The van der Waals surface area contributed by atoms with Gasteiger partial charge in [-0.2, -0.15) is 0 Å². The molecule has 0 aliphatic heterocycles. The first kappa shape index (κ1) is 23.9. The lowest BCUT2D eigenvalue weighted by Crippen LogP contribution is -2.03. The van der Waals surface area contributed by atoms with E-state index in [9.17, 15) is 0 Å². The average molecular weight is 578 g/mol. The molecule has 204 valence electrons. The number of hydrogen-bond donors (Lipinski definition) is 0. The highest BCUT2D eigenvalue weighted by molar-refractivity contribution is 7.24. The third-order valence-corrected chi connectivity index (χ3v) is 10.1. The van der Waals surface area contributed by atoms with E-state index in [0.717, 1.165) is 33.2 Å². The monoisotopic (exact) mass is 577 g/mol. The Balaban J connectivity index is 1.31. The van der Waals surface area contributed by atoms with Crippen LogP contribution in [0.15, 0.2) is 140 Å². The molecular formula is C40H23N3S. The highest BCUT2D eigenvalue weighted by Gasteiger charge is 2.22. The summed E-state index contributed by atoms with van der Waals surface area (Å²) in [5.74, 6) is 0.688. The molecular weight excluding hydrogens is 555 g/mol. The van der Waals surface area contributed by atoms with E-state index in [1.54, 1.807) is 0 Å². The molecule has 10 rings (SSSR count). The zero-order valence-electron chi connectivity index (χ0n) is 23.5. The molecule has 0 N–H and O–H groups in total. The summed E-state index contributed by atoms with van der Waals surface area (Å²) in [6, 6.07) is 49.9. The Hall–Kier alpha value is -5.58. The summed E-state index contributed by atoms with van der Waals surface area (Å²) < 4.78 is 4.85. The van der Waals surface area contributed by atoms with Gasteiger partial charge in [0, 0.05) is 41.9 Å². The molecule has 7 aromatic carbocycles. The van der Waals surface area contributed by atoms with Crippen molar-refractivity contribution in [3.05, 3.63) is 140 Å². The molecule has 3 heterocycles. The first-order chi connectivity index (χ1) is 21.8. The Bertz CT molecular complexity index is 2600. The molecule has 0 unspecified atom stereocenters. The van der Waals surface area contributed by atoms with Crippen molar-refractivity contribution in [3.63, 3.8) is 0 Å². The van der Waals surface area contributed by atoms with Crippen LogP contribution in [-0.4, -0.2) is 14.5 Å². The Morgan fingerprint density at radius 2 is 1.02 bits per heavy atom. The van der Waals surface area contributed by atoms with E-state index in [0.29, 0.717) is 5.95 Å². The van der Waals surface area contributed by atoms with Crippen molar-refractivity contribution in [1.29, 1.82) is 0 Å². The lowest BCUT2D eigenvalue weighted by atomic mass is 10.00. The number of para-hydroxylation sites is 1. The largest absolute Gasteiger partial charge is 0.278 e. The van der Waals surface area contributed by atoms with Crippen LogP contribution < -0.4 is 0 Å². The molecule has 0 aliphatic rings. The van der Waals surface area contributed by atoms with E-state index in [4.69, 9.17) is 9.97 Å². The lowest BCUT2D eigenvalue weighted by Gasteiger charge is -2.13. The van der Waals surface area contributed by atoms with Gasteiger partial charge < -0.3 is 0 Å². The summed E-state index contributed by atoms with van der Waals surface area (Å²) in [5, 5.41) is 8.72. The number of benzene rings is 7. The summed E-state index contributed by atoms with van der Waals surface area (Å²) >= 11 is 1.87. The third-order valence-electron chi connectivity index (χ3n) is 8.98. The molecule has 0 saturated heterocycles. The minimum atomic E-state index is 0.688. The number of fused-ring (bicyclic) bond motifs is 1. The van der Waals surface area contributed by atoms with Crippen LogP contribution in [0, 0.1) is 0 Å². The predicted molar refractivity (Wildman–Crippen MR) is 186 cm³/mol. The van der Waals surface area contributed by atoms with E-state index in [-0.39, 0.29) is 0 Å². The molecule has 0 atom stereocenters. The maximum absolute atomic E-state index is 5.36. The van der Waals surface area contributed by atoms with Gasteiger partial charge in [-0.1, -0.05) is 109 Å². The second-order valence-corrected chi connectivity index (χ2v) is 12.5. The van der Waals surface area contributed by atoms with Crippen LogP contribution in [0.4, 0.5) is 0 Å². The molecule has 4 heteroatoms. The van der Waals surface area contributed by atoms with E-state index in [1.807, 2.05) is 11.3 Å². The van der Waals surface area contributed by atoms with Crippen LogP contribution in [-0.2, 0) is 0 Å². The number of hydrogen-bond acceptors (Lipinski definition) is 3. The van der Waals surface area contributed by atoms with Crippen molar-refractivity contribution in [2.24, 2.45) is 0 Å². The molecule has 3 nitrogen and oxygen atoms in total. The minimum absolute atomic E-state index is 0.688. The molecule has 0 saturated carbocycles. The van der Waals surface area contributed by atoms with Crippen LogP contribution >= 0.6 is 11.3 Å². The van der Waals surface area contributed by atoms with Gasteiger partial charge in [0.1, 0.15) is 0 Å². The maximum atomic E-state index is 5.36. The fraction of sp³-hybridized carbons (Fsp3) is 0. The number of aromatic nitrogens is 3. The lowest BCUT2D eigenvalue weighted by molar-refractivity contribution is 1.01. The third kappa shape index (κ3) is 3.31. The van der Waals surface area contributed by atoms with Crippen LogP contribution in [0.1, 0.15) is 0 Å². The van der Waals surface area contributed by atoms with Crippen molar-refractivity contribution < 1.29 is 0 Å². The quantitative estimate of drug-likeness (QED) is 0.209. The highest BCUT2D eigenvalue weighted by atomic mass is 32.1. The Morgan fingerprint density at radius 3 is 1.70 bits per heavy atom. The molecule has 3 aromatic heterocycles. The van der Waals surface area contributed by atoms with Crippen LogP contribution in [0.25, 0.3) is 92.0 Å². The Morgan fingerprint density at radius 1 is 0.432 bits per heavy atom. The fourth-order valence-electron chi connectivity index (χ4n) is 7.02. The SMILES string of the molecule is c1ccc(-c2ccc(-c3nc(-n4c5ccc6cccc7sc8cccc9ccc4c(c98)c5c67)nc4ccccc34)cc2)cc1. The molecule has 0 bridgehead atoms. The van der Waals surface area contributed by atoms with Crippen molar-refractivity contribution in [3.8, 4) is 28.3 Å². The van der Waals surface area contributed by atoms with Crippen molar-refractivity contribution >= 4 is 75.0 Å². The van der Waals surface area contributed by atoms with E-state index in [1.165, 1.54) is 52.8 Å². The number of nitrogens with zero attached hydrogens (tertiary/aromatic N) is 3. The first-order valence-electron chi connectivity index (χ1n) is 14.8. The summed E-state index contributed by atoms with van der Waals surface area (Å²) in [7, 11) is 0. The standard InChI is InChI=1S/C40H23N3S/c1-2-8-24(9-3-1)25-16-18-28(19-17-25)39-29-12-4-5-13-30(29)41-40(42-39)43-31-22-20-26-10-6-14-33-35(26)37(31)38-32(43)23-21-27-11-7-15-34(44-33)36(27)38/h1-23H. The first-order valence-corrected chi connectivity index (χ1v) is 15.7. The van der Waals surface area contributed by atoms with Crippen LogP contribution in [0.2, 0.25) is 0 Å². The van der Waals surface area contributed by atoms with E-state index in [2.05, 4.69) is 144 Å². The van der Waals surface area contributed by atoms with E-state index >= 15 is 0 Å². The van der Waals surface area contributed by atoms with Crippen LogP contribution in [0.3, 0.4) is 0 Å². The number of rotatable bonds is 3. The van der Waals surface area contributed by atoms with Crippen LogP contribution in [0.5, 0.6) is 0 Å². The highest BCUT2D eigenvalue weighted by Crippen LogP contribution is 2.46. The van der Waals surface area contributed by atoms with Gasteiger partial charge in [0.15, 0.2) is 0 Å². The van der Waals surface area contributed by atoms with Gasteiger partial charge >= 0.3 is 0 Å². The second kappa shape index (κ2) is 8.96. The molecule has 44 heavy (non-hydrogen) atoms. The minimum Gasteiger partial charge on any atom is -0.278 e. The summed E-state index contributed by atoms with van der Waals surface area (Å²) in [4.78, 5) is 10.6. The topological polar surface area (TPSA) is 30.7 Å². The molecule has 0 fully saturated rings. The molecule has 0 radical (unpaired) electrons. The van der Waals surface area contributed by atoms with Gasteiger partial charge in [0.25, 0.3) is 0 Å². The van der Waals surface area contributed by atoms with E-state index < -0.39 is 0 Å². The van der Waals surface area contributed by atoms with Crippen molar-refractivity contribution in [2.75, 3.05) is 0 Å². The Kier molecular flexibility index (Phi) is 4.87. The Labute approximate surface area is 256 Å². The van der Waals surface area contributed by atoms with Gasteiger partial charge in [-0.05, 0) is 52.2 Å². The van der Waals surface area contributed by atoms with Gasteiger partial charge in [0.05, 0.1) is 22.2 Å². The predicted octanol–water partition coefficient (Wildman–Crippen LogP) is 11.0. The van der Waals surface area contributed by atoms with Gasteiger partial charge in [-0.15, -0.1) is 11.3 Å². The molecule has 0 aliphatic carbocycles. The van der Waals surface area contributed by atoms with Gasteiger partial charge in [-0.3, -0.25) is 4.57 Å². The maximum Gasteiger partial charge on any atom is 0.235 e. The summed E-state index contributed by atoms with van der Waals surface area (Å²) in [5.41, 5.74) is 7.59. The second-order valence-electron chi connectivity index (χ2n) is 11.4. The van der Waals surface area contributed by atoms with Crippen molar-refractivity contribution in [2.45, 2.75) is 0 Å². The van der Waals surface area contributed by atoms with Gasteiger partial charge in [-0.25, -0.2) is 9.97 Å². The molecule has 0 spiro atoms. The summed E-state index contributed by atoms with van der Waals surface area (Å²) in [6.07, 6.45) is 0. The van der Waals surface area contributed by atoms with Crippen molar-refractivity contribution in [1.82, 2.24) is 14.5 Å².